The zero-order chi connectivity index (χ0) is 19.8. The Morgan fingerprint density at radius 1 is 1.43 bits per heavy atom. The van der Waals surface area contributed by atoms with Crippen molar-refractivity contribution in [2.45, 2.75) is 32.4 Å². The quantitative estimate of drug-likeness (QED) is 0.421. The lowest BCUT2D eigenvalue weighted by molar-refractivity contribution is 0.225. The maximum atomic E-state index is 6.03. The van der Waals surface area contributed by atoms with E-state index in [1.165, 1.54) is 0 Å². The van der Waals surface area contributed by atoms with Crippen LogP contribution in [-0.2, 0) is 6.54 Å². The number of likely N-dealkylation sites (tertiary alicyclic amines) is 1. The van der Waals surface area contributed by atoms with Crippen molar-refractivity contribution >= 4 is 17.6 Å². The summed E-state index contributed by atoms with van der Waals surface area (Å²) in [6.07, 6.45) is 4.12. The molecule has 2 aromatic rings. The third kappa shape index (κ3) is 5.81. The fourth-order valence-electron chi connectivity index (χ4n) is 3.17. The van der Waals surface area contributed by atoms with Gasteiger partial charge >= 0.3 is 0 Å². The molecular weight excluding hydrogens is 376 g/mol. The molecule has 0 bridgehead atoms. The van der Waals surface area contributed by atoms with Crippen molar-refractivity contribution < 1.29 is 4.52 Å². The van der Waals surface area contributed by atoms with E-state index in [0.29, 0.717) is 29.3 Å². The number of aliphatic imine (C=N–C) groups is 1. The van der Waals surface area contributed by atoms with Gasteiger partial charge in [-0.05, 0) is 31.9 Å². The Kier molecular flexibility index (Phi) is 7.45. The van der Waals surface area contributed by atoms with Crippen molar-refractivity contribution in [1.82, 2.24) is 25.7 Å². The van der Waals surface area contributed by atoms with Crippen molar-refractivity contribution in [3.63, 3.8) is 0 Å². The summed E-state index contributed by atoms with van der Waals surface area (Å²) in [7, 11) is 0. The van der Waals surface area contributed by atoms with E-state index in [9.17, 15) is 0 Å². The molecule has 0 aliphatic carbocycles. The molecule has 0 saturated carbocycles. The van der Waals surface area contributed by atoms with Gasteiger partial charge in [-0.2, -0.15) is 4.98 Å². The summed E-state index contributed by atoms with van der Waals surface area (Å²) < 4.78 is 5.34. The number of hydrogen-bond acceptors (Lipinski definition) is 5. The number of hydrogen-bond donors (Lipinski definition) is 2. The van der Waals surface area contributed by atoms with Crippen LogP contribution in [0.1, 0.15) is 25.7 Å². The van der Waals surface area contributed by atoms with Gasteiger partial charge in [-0.1, -0.05) is 35.0 Å². The second-order valence-electron chi connectivity index (χ2n) is 6.73. The predicted molar refractivity (Wildman–Crippen MR) is 112 cm³/mol. The van der Waals surface area contributed by atoms with Crippen LogP contribution in [-0.4, -0.2) is 53.2 Å². The molecule has 0 atom stereocenters. The maximum Gasteiger partial charge on any atom is 0.248 e. The van der Waals surface area contributed by atoms with Crippen molar-refractivity contribution in [3.8, 4) is 11.4 Å². The van der Waals surface area contributed by atoms with Gasteiger partial charge in [0.05, 0.1) is 0 Å². The summed E-state index contributed by atoms with van der Waals surface area (Å²) in [5.41, 5.74) is 0.822. The molecular formula is C20H27ClN6O. The number of halogens is 1. The molecule has 1 fully saturated rings. The van der Waals surface area contributed by atoms with Gasteiger partial charge in [0.2, 0.25) is 11.7 Å². The lowest BCUT2D eigenvalue weighted by Gasteiger charge is -2.32. The van der Waals surface area contributed by atoms with Crippen LogP contribution in [0.25, 0.3) is 11.4 Å². The van der Waals surface area contributed by atoms with Crippen LogP contribution in [0.2, 0.25) is 5.02 Å². The highest BCUT2D eigenvalue weighted by Crippen LogP contribution is 2.20. The first kappa shape index (κ1) is 20.4. The second-order valence-corrected chi connectivity index (χ2v) is 7.16. The van der Waals surface area contributed by atoms with Crippen LogP contribution in [0.15, 0.2) is 46.4 Å². The molecule has 0 amide bonds. The molecule has 1 aliphatic heterocycles. The first-order valence-electron chi connectivity index (χ1n) is 9.64. The summed E-state index contributed by atoms with van der Waals surface area (Å²) in [6, 6.07) is 7.78. The number of benzene rings is 1. The van der Waals surface area contributed by atoms with Crippen LogP contribution in [0, 0.1) is 0 Å². The average Bonchev–Trinajstić information content (AvgIpc) is 3.17. The largest absolute Gasteiger partial charge is 0.357 e. The van der Waals surface area contributed by atoms with Gasteiger partial charge in [-0.25, -0.2) is 4.99 Å². The highest BCUT2D eigenvalue weighted by molar-refractivity contribution is 6.30. The molecule has 3 rings (SSSR count). The van der Waals surface area contributed by atoms with E-state index in [1.807, 2.05) is 37.3 Å². The third-order valence-electron chi connectivity index (χ3n) is 4.58. The highest BCUT2D eigenvalue weighted by Gasteiger charge is 2.19. The van der Waals surface area contributed by atoms with E-state index in [1.54, 1.807) is 0 Å². The molecule has 7 nitrogen and oxygen atoms in total. The molecule has 150 valence electrons. The van der Waals surface area contributed by atoms with E-state index in [4.69, 9.17) is 16.1 Å². The van der Waals surface area contributed by atoms with E-state index >= 15 is 0 Å². The van der Waals surface area contributed by atoms with Crippen molar-refractivity contribution in [2.24, 2.45) is 4.99 Å². The van der Waals surface area contributed by atoms with Gasteiger partial charge in [0.25, 0.3) is 0 Å². The minimum absolute atomic E-state index is 0.318. The molecule has 1 saturated heterocycles. The minimum Gasteiger partial charge on any atom is -0.357 e. The summed E-state index contributed by atoms with van der Waals surface area (Å²) in [5.74, 6) is 1.75. The lowest BCUT2D eigenvalue weighted by Crippen LogP contribution is -2.48. The zero-order valence-electron chi connectivity index (χ0n) is 16.2. The summed E-state index contributed by atoms with van der Waals surface area (Å²) >= 11 is 6.03. The number of guanidine groups is 1. The van der Waals surface area contributed by atoms with Crippen molar-refractivity contribution in [1.29, 1.82) is 0 Å². The number of rotatable bonds is 7. The molecule has 28 heavy (non-hydrogen) atoms. The fourth-order valence-corrected chi connectivity index (χ4v) is 3.36. The summed E-state index contributed by atoms with van der Waals surface area (Å²) in [6.45, 7) is 10.1. The number of piperidine rings is 1. The lowest BCUT2D eigenvalue weighted by atomic mass is 10.1. The molecule has 1 aromatic carbocycles. The highest BCUT2D eigenvalue weighted by atomic mass is 35.5. The van der Waals surface area contributed by atoms with Crippen LogP contribution in [0.3, 0.4) is 0 Å². The van der Waals surface area contributed by atoms with Crippen LogP contribution in [0.5, 0.6) is 0 Å². The molecule has 1 aromatic heterocycles. The Bertz CT molecular complexity index is 797. The topological polar surface area (TPSA) is 78.6 Å². The van der Waals surface area contributed by atoms with Gasteiger partial charge in [-0.15, -0.1) is 6.58 Å². The number of aromatic nitrogens is 2. The Balaban J connectivity index is 1.58. The van der Waals surface area contributed by atoms with Gasteiger partial charge in [0.1, 0.15) is 6.54 Å². The third-order valence-corrected chi connectivity index (χ3v) is 4.82. The molecule has 0 radical (unpaired) electrons. The average molecular weight is 403 g/mol. The molecule has 0 spiro atoms. The predicted octanol–water partition coefficient (Wildman–Crippen LogP) is 3.10. The van der Waals surface area contributed by atoms with E-state index in [-0.39, 0.29) is 0 Å². The fraction of sp³-hybridized carbons (Fsp3) is 0.450. The van der Waals surface area contributed by atoms with Gasteiger partial charge in [-0.3, -0.25) is 4.90 Å². The van der Waals surface area contributed by atoms with Gasteiger partial charge in [0, 0.05) is 42.8 Å². The number of nitrogens with zero attached hydrogens (tertiary/aromatic N) is 4. The van der Waals surface area contributed by atoms with E-state index in [2.05, 4.69) is 37.2 Å². The van der Waals surface area contributed by atoms with Crippen LogP contribution in [0.4, 0.5) is 0 Å². The van der Waals surface area contributed by atoms with Gasteiger partial charge < -0.3 is 15.2 Å². The van der Waals surface area contributed by atoms with E-state index < -0.39 is 0 Å². The Morgan fingerprint density at radius 2 is 2.25 bits per heavy atom. The molecule has 1 aliphatic rings. The molecule has 0 unspecified atom stereocenters. The van der Waals surface area contributed by atoms with Crippen LogP contribution >= 0.6 is 11.6 Å². The van der Waals surface area contributed by atoms with Gasteiger partial charge in [0.15, 0.2) is 5.96 Å². The smallest absolute Gasteiger partial charge is 0.248 e. The Labute approximate surface area is 170 Å². The second kappa shape index (κ2) is 10.2. The first-order chi connectivity index (χ1) is 13.7. The summed E-state index contributed by atoms with van der Waals surface area (Å²) in [5, 5.41) is 11.5. The van der Waals surface area contributed by atoms with Crippen molar-refractivity contribution in [2.75, 3.05) is 26.2 Å². The zero-order valence-corrected chi connectivity index (χ0v) is 17.0. The Hall–Kier alpha value is -2.38. The van der Waals surface area contributed by atoms with E-state index in [0.717, 1.165) is 50.5 Å². The minimum atomic E-state index is 0.318. The molecule has 2 heterocycles. The number of nitrogens with one attached hydrogen (secondary N) is 2. The Morgan fingerprint density at radius 3 is 2.96 bits per heavy atom. The first-order valence-corrected chi connectivity index (χ1v) is 10.0. The monoisotopic (exact) mass is 402 g/mol. The SMILES string of the molecule is C=CCN1CCC(NC(=NCc2nc(-c3cccc(Cl)c3)no2)NCC)CC1. The molecule has 8 heteroatoms. The standard InChI is InChI=1S/C20H27ClN6O/c1-3-10-27-11-8-17(9-12-27)24-20(22-4-2)23-14-18-25-19(26-28-18)15-6-5-7-16(21)13-15/h3,5-7,13,17H,1,4,8-12,14H2,2H3,(H2,22,23,24). The normalized spacial score (nSPS) is 16.1. The maximum absolute atomic E-state index is 6.03. The summed E-state index contributed by atoms with van der Waals surface area (Å²) in [4.78, 5) is 11.4. The van der Waals surface area contributed by atoms with Crippen LogP contribution < -0.4 is 10.6 Å². The van der Waals surface area contributed by atoms with Crippen molar-refractivity contribution in [3.05, 3.63) is 47.8 Å². The molecule has 2 N–H and O–H groups in total.